The monoisotopic (exact) mass is 112 g/mol. The minimum absolute atomic E-state index is 0.366. The van der Waals surface area contributed by atoms with Crippen LogP contribution in [0.15, 0.2) is 17.3 Å². The van der Waals surface area contributed by atoms with Crippen molar-refractivity contribution in [1.82, 2.24) is 0 Å². The van der Waals surface area contributed by atoms with Crippen molar-refractivity contribution in [2.75, 3.05) is 7.05 Å². The minimum Gasteiger partial charge on any atom is -0.405 e. The molecule has 1 unspecified atom stereocenters. The smallest absolute Gasteiger partial charge is 0.0273 e. The summed E-state index contributed by atoms with van der Waals surface area (Å²) < 4.78 is 0. The van der Waals surface area contributed by atoms with Crippen LogP contribution in [0.2, 0.25) is 0 Å². The molecule has 2 heteroatoms. The predicted octanol–water partition coefficient (Wildman–Crippen LogP) is 0.796. The van der Waals surface area contributed by atoms with E-state index in [9.17, 15) is 0 Å². The van der Waals surface area contributed by atoms with Gasteiger partial charge in [0.25, 0.3) is 0 Å². The Morgan fingerprint density at radius 3 is 2.62 bits per heavy atom. The third kappa shape index (κ3) is 3.40. The van der Waals surface area contributed by atoms with Crippen molar-refractivity contribution in [2.45, 2.75) is 6.92 Å². The summed E-state index contributed by atoms with van der Waals surface area (Å²) in [6.45, 7) is 2.02. The van der Waals surface area contributed by atoms with Gasteiger partial charge in [0.2, 0.25) is 0 Å². The van der Waals surface area contributed by atoms with E-state index in [1.54, 1.807) is 7.05 Å². The van der Waals surface area contributed by atoms with E-state index in [2.05, 4.69) is 4.99 Å². The van der Waals surface area contributed by atoms with Gasteiger partial charge in [0, 0.05) is 19.2 Å². The Labute approximate surface area is 50.1 Å². The van der Waals surface area contributed by atoms with Crippen molar-refractivity contribution in [3.05, 3.63) is 12.3 Å². The first-order chi connectivity index (χ1) is 3.81. The van der Waals surface area contributed by atoms with Gasteiger partial charge in [-0.05, 0) is 6.20 Å². The Kier molecular flexibility index (Phi) is 3.94. The topological polar surface area (TPSA) is 38.4 Å². The number of rotatable bonds is 2. The van der Waals surface area contributed by atoms with Crippen LogP contribution in [0.4, 0.5) is 0 Å². The second kappa shape index (κ2) is 4.37. The van der Waals surface area contributed by atoms with Crippen LogP contribution >= 0.6 is 0 Å². The molecule has 0 saturated heterocycles. The highest BCUT2D eigenvalue weighted by molar-refractivity contribution is 5.62. The molecule has 0 fully saturated rings. The maximum atomic E-state index is 5.12. The fraction of sp³-hybridized carbons (Fsp3) is 0.500. The quantitative estimate of drug-likeness (QED) is 0.527. The zero-order valence-corrected chi connectivity index (χ0v) is 5.33. The van der Waals surface area contributed by atoms with Crippen molar-refractivity contribution in [1.29, 1.82) is 0 Å². The van der Waals surface area contributed by atoms with E-state index in [4.69, 9.17) is 5.73 Å². The van der Waals surface area contributed by atoms with Crippen LogP contribution < -0.4 is 5.73 Å². The number of hydrogen-bond acceptors (Lipinski definition) is 2. The molecule has 0 spiro atoms. The van der Waals surface area contributed by atoms with E-state index in [0.717, 1.165) is 0 Å². The molecular weight excluding hydrogens is 100 g/mol. The molecule has 0 amide bonds. The van der Waals surface area contributed by atoms with Crippen LogP contribution in [-0.4, -0.2) is 13.3 Å². The van der Waals surface area contributed by atoms with Gasteiger partial charge >= 0.3 is 0 Å². The van der Waals surface area contributed by atoms with Crippen molar-refractivity contribution < 1.29 is 0 Å². The lowest BCUT2D eigenvalue weighted by atomic mass is 10.2. The highest BCUT2D eigenvalue weighted by Gasteiger charge is 1.84. The number of aliphatic imine (C=N–C) groups is 1. The first kappa shape index (κ1) is 7.21. The van der Waals surface area contributed by atoms with E-state index in [1.165, 1.54) is 6.20 Å². The minimum atomic E-state index is 0.366. The van der Waals surface area contributed by atoms with E-state index >= 15 is 0 Å². The van der Waals surface area contributed by atoms with Crippen LogP contribution in [0.3, 0.4) is 0 Å². The lowest BCUT2D eigenvalue weighted by Gasteiger charge is -1.91. The summed E-state index contributed by atoms with van der Waals surface area (Å²) >= 11 is 0. The maximum Gasteiger partial charge on any atom is 0.0273 e. The molecule has 0 heterocycles. The standard InChI is InChI=1S/C6H12N2/c1-6(3-4-7)5-8-2/h3-6H,7H2,1-2H3/b4-3-,8-5?. The van der Waals surface area contributed by atoms with Gasteiger partial charge < -0.3 is 10.7 Å². The fourth-order valence-corrected chi connectivity index (χ4v) is 0.460. The van der Waals surface area contributed by atoms with Gasteiger partial charge in [-0.1, -0.05) is 13.0 Å². The highest BCUT2D eigenvalue weighted by Crippen LogP contribution is 1.88. The molecule has 0 aromatic heterocycles. The molecule has 2 N–H and O–H groups in total. The van der Waals surface area contributed by atoms with Crippen molar-refractivity contribution in [3.8, 4) is 0 Å². The van der Waals surface area contributed by atoms with Gasteiger partial charge in [-0.2, -0.15) is 0 Å². The average Bonchev–Trinajstić information content (AvgIpc) is 1.68. The molecule has 0 saturated carbocycles. The molecule has 46 valence electrons. The Morgan fingerprint density at radius 1 is 1.62 bits per heavy atom. The van der Waals surface area contributed by atoms with Crippen LogP contribution in [-0.2, 0) is 0 Å². The average molecular weight is 112 g/mol. The second-order valence-electron chi connectivity index (χ2n) is 1.65. The summed E-state index contributed by atoms with van der Waals surface area (Å²) in [6, 6.07) is 0. The Bertz CT molecular complexity index is 82.7. The summed E-state index contributed by atoms with van der Waals surface area (Å²) in [5.41, 5.74) is 5.12. The molecule has 0 aliphatic heterocycles. The lowest BCUT2D eigenvalue weighted by Crippen LogP contribution is -1.91. The van der Waals surface area contributed by atoms with Crippen LogP contribution in [0.5, 0.6) is 0 Å². The van der Waals surface area contributed by atoms with Gasteiger partial charge in [-0.15, -0.1) is 0 Å². The second-order valence-corrected chi connectivity index (χ2v) is 1.65. The molecule has 1 atom stereocenters. The Morgan fingerprint density at radius 2 is 2.25 bits per heavy atom. The van der Waals surface area contributed by atoms with Crippen molar-refractivity contribution >= 4 is 6.21 Å². The van der Waals surface area contributed by atoms with E-state index in [-0.39, 0.29) is 0 Å². The lowest BCUT2D eigenvalue weighted by molar-refractivity contribution is 1.01. The van der Waals surface area contributed by atoms with Crippen LogP contribution in [0.1, 0.15) is 6.92 Å². The zero-order chi connectivity index (χ0) is 6.41. The molecule has 0 aromatic rings. The van der Waals surface area contributed by atoms with Gasteiger partial charge in [0.15, 0.2) is 0 Å². The van der Waals surface area contributed by atoms with E-state index in [1.807, 2.05) is 19.2 Å². The third-order valence-corrected chi connectivity index (χ3v) is 0.799. The first-order valence-corrected chi connectivity index (χ1v) is 2.62. The fourth-order valence-electron chi connectivity index (χ4n) is 0.460. The summed E-state index contributed by atoms with van der Waals surface area (Å²) in [7, 11) is 1.75. The Balaban J connectivity index is 3.47. The van der Waals surface area contributed by atoms with Crippen molar-refractivity contribution in [3.63, 3.8) is 0 Å². The number of allylic oxidation sites excluding steroid dienone is 1. The molecule has 2 nitrogen and oxygen atoms in total. The zero-order valence-electron chi connectivity index (χ0n) is 5.33. The first-order valence-electron chi connectivity index (χ1n) is 2.62. The summed E-state index contributed by atoms with van der Waals surface area (Å²) in [4.78, 5) is 3.82. The Hall–Kier alpha value is -0.790. The van der Waals surface area contributed by atoms with E-state index < -0.39 is 0 Å². The van der Waals surface area contributed by atoms with E-state index in [0.29, 0.717) is 5.92 Å². The van der Waals surface area contributed by atoms with Crippen LogP contribution in [0.25, 0.3) is 0 Å². The van der Waals surface area contributed by atoms with Gasteiger partial charge in [0.05, 0.1) is 0 Å². The van der Waals surface area contributed by atoms with Gasteiger partial charge in [-0.3, -0.25) is 0 Å². The normalized spacial score (nSPS) is 15.8. The maximum absolute atomic E-state index is 5.12. The van der Waals surface area contributed by atoms with Gasteiger partial charge in [-0.25, -0.2) is 0 Å². The summed E-state index contributed by atoms with van der Waals surface area (Å²) in [5, 5.41) is 0. The highest BCUT2D eigenvalue weighted by atomic mass is 14.6. The third-order valence-electron chi connectivity index (χ3n) is 0.799. The van der Waals surface area contributed by atoms with Gasteiger partial charge in [0.1, 0.15) is 0 Å². The SMILES string of the molecule is CN=CC(C)/C=C\N. The molecule has 0 radical (unpaired) electrons. The molecular formula is C6H12N2. The predicted molar refractivity (Wildman–Crippen MR) is 36.9 cm³/mol. The molecule has 0 aliphatic carbocycles. The molecule has 8 heavy (non-hydrogen) atoms. The van der Waals surface area contributed by atoms with Crippen LogP contribution in [0, 0.1) is 5.92 Å². The summed E-state index contributed by atoms with van der Waals surface area (Å²) in [6.07, 6.45) is 5.25. The largest absolute Gasteiger partial charge is 0.405 e. The molecule has 0 bridgehead atoms. The number of nitrogens with zero attached hydrogens (tertiary/aromatic N) is 1. The molecule has 0 aliphatic rings. The number of nitrogens with two attached hydrogens (primary N) is 1. The molecule has 0 rings (SSSR count). The van der Waals surface area contributed by atoms with Crippen molar-refractivity contribution in [2.24, 2.45) is 16.6 Å². The molecule has 0 aromatic carbocycles. The summed E-state index contributed by atoms with van der Waals surface area (Å²) in [5.74, 6) is 0.366. The number of hydrogen-bond donors (Lipinski definition) is 1.